The molecule has 1 aromatic carbocycles. The monoisotopic (exact) mass is 240 g/mol. The van der Waals surface area contributed by atoms with Crippen molar-refractivity contribution in [2.45, 2.75) is 19.1 Å². The van der Waals surface area contributed by atoms with Crippen LogP contribution in [-0.4, -0.2) is 26.9 Å². The predicted molar refractivity (Wildman–Crippen MR) is 52.9 cm³/mol. The third kappa shape index (κ3) is 1.76. The van der Waals surface area contributed by atoms with Gasteiger partial charge in [-0.1, -0.05) is 0 Å². The standard InChI is InChI=1S/C10H10NOSe/c1-7-9(12-10(13)11-7)8-5-3-2-4-6-8/h2-7,9H,1H3/t7-,9-/m1/s1. The molecule has 0 aliphatic carbocycles. The Morgan fingerprint density at radius 1 is 1.31 bits per heavy atom. The maximum atomic E-state index is 5.55. The summed E-state index contributed by atoms with van der Waals surface area (Å²) in [6, 6.07) is 10.4. The Morgan fingerprint density at radius 2 is 2.00 bits per heavy atom. The van der Waals surface area contributed by atoms with Gasteiger partial charge in [0.15, 0.2) is 0 Å². The van der Waals surface area contributed by atoms with Gasteiger partial charge in [-0.25, -0.2) is 0 Å². The van der Waals surface area contributed by atoms with Crippen molar-refractivity contribution in [2.75, 3.05) is 0 Å². The van der Waals surface area contributed by atoms with E-state index in [0.29, 0.717) is 4.80 Å². The molecule has 0 fully saturated rings. The van der Waals surface area contributed by atoms with Gasteiger partial charge < -0.3 is 0 Å². The van der Waals surface area contributed by atoms with Gasteiger partial charge in [-0.05, 0) is 0 Å². The minimum atomic E-state index is 0.0810. The van der Waals surface area contributed by atoms with Crippen LogP contribution in [0.2, 0.25) is 0 Å². The molecule has 13 heavy (non-hydrogen) atoms. The summed E-state index contributed by atoms with van der Waals surface area (Å²) in [6.45, 7) is 2.06. The molecular formula is C10H10NOSe. The third-order valence-corrected chi connectivity index (χ3v) is 2.53. The van der Waals surface area contributed by atoms with Crippen molar-refractivity contribution in [3.8, 4) is 0 Å². The zero-order valence-corrected chi connectivity index (χ0v) is 9.02. The molecule has 2 nitrogen and oxygen atoms in total. The molecule has 0 bridgehead atoms. The zero-order chi connectivity index (χ0) is 9.26. The molecule has 1 aromatic rings. The van der Waals surface area contributed by atoms with Crippen molar-refractivity contribution < 1.29 is 4.74 Å². The molecule has 1 radical (unpaired) electrons. The van der Waals surface area contributed by atoms with Crippen LogP contribution < -0.4 is 0 Å². The van der Waals surface area contributed by atoms with Crippen LogP contribution in [0.4, 0.5) is 0 Å². The summed E-state index contributed by atoms with van der Waals surface area (Å²) in [5.74, 6) is 0. The molecule has 0 saturated carbocycles. The number of nitrogens with zero attached hydrogens (tertiary/aromatic N) is 1. The van der Waals surface area contributed by atoms with Crippen molar-refractivity contribution in [3.05, 3.63) is 35.9 Å². The number of benzene rings is 1. The first-order valence-electron chi connectivity index (χ1n) is 4.24. The van der Waals surface area contributed by atoms with Crippen molar-refractivity contribution >= 4 is 20.8 Å². The maximum absolute atomic E-state index is 5.55. The Hall–Kier alpha value is -0.791. The average molecular weight is 239 g/mol. The summed E-state index contributed by atoms with van der Waals surface area (Å²) in [5.41, 5.74) is 1.18. The van der Waals surface area contributed by atoms with Crippen molar-refractivity contribution in [3.63, 3.8) is 0 Å². The Morgan fingerprint density at radius 3 is 2.54 bits per heavy atom. The third-order valence-electron chi connectivity index (χ3n) is 2.10. The first-order valence-corrected chi connectivity index (χ1v) is 5.09. The van der Waals surface area contributed by atoms with Crippen LogP contribution in [0.25, 0.3) is 0 Å². The predicted octanol–water partition coefficient (Wildman–Crippen LogP) is 1.67. The second-order valence-electron chi connectivity index (χ2n) is 3.08. The molecule has 1 aliphatic rings. The SMILES string of the molecule is C[C@H]1N=C([Se])O[C@H]1c1ccccc1. The van der Waals surface area contributed by atoms with Gasteiger partial charge in [0.2, 0.25) is 0 Å². The fourth-order valence-electron chi connectivity index (χ4n) is 1.46. The van der Waals surface area contributed by atoms with Gasteiger partial charge in [0.05, 0.1) is 0 Å². The van der Waals surface area contributed by atoms with Gasteiger partial charge >= 0.3 is 85.5 Å². The van der Waals surface area contributed by atoms with Crippen LogP contribution in [0.5, 0.6) is 0 Å². The summed E-state index contributed by atoms with van der Waals surface area (Å²) in [7, 11) is 0. The fourth-order valence-corrected chi connectivity index (χ4v) is 2.03. The normalized spacial score (nSPS) is 26.7. The van der Waals surface area contributed by atoms with Crippen molar-refractivity contribution in [1.29, 1.82) is 0 Å². The van der Waals surface area contributed by atoms with Crippen molar-refractivity contribution in [1.82, 2.24) is 0 Å². The quantitative estimate of drug-likeness (QED) is 0.683. The van der Waals surface area contributed by atoms with Gasteiger partial charge in [-0.2, -0.15) is 0 Å². The molecule has 0 saturated heterocycles. The van der Waals surface area contributed by atoms with E-state index in [2.05, 4.69) is 40.1 Å². The summed E-state index contributed by atoms with van der Waals surface area (Å²) < 4.78 is 5.55. The van der Waals surface area contributed by atoms with Gasteiger partial charge in [0.1, 0.15) is 0 Å². The number of aliphatic imine (C=N–C) groups is 1. The molecule has 0 aromatic heterocycles. The molecule has 0 unspecified atom stereocenters. The molecule has 0 spiro atoms. The zero-order valence-electron chi connectivity index (χ0n) is 7.31. The van der Waals surface area contributed by atoms with Gasteiger partial charge in [-0.15, -0.1) is 0 Å². The van der Waals surface area contributed by atoms with Crippen LogP contribution in [0.15, 0.2) is 35.3 Å². The Bertz CT molecular complexity index is 323. The van der Waals surface area contributed by atoms with Gasteiger partial charge in [0.25, 0.3) is 0 Å². The average Bonchev–Trinajstić information content (AvgIpc) is 2.47. The number of ether oxygens (including phenoxy) is 1. The molecule has 1 aliphatic heterocycles. The topological polar surface area (TPSA) is 21.6 Å². The number of hydrogen-bond acceptors (Lipinski definition) is 2. The van der Waals surface area contributed by atoms with Crippen LogP contribution in [0.1, 0.15) is 18.6 Å². The summed E-state index contributed by atoms with van der Waals surface area (Å²) in [4.78, 5) is 4.95. The second kappa shape index (κ2) is 3.52. The van der Waals surface area contributed by atoms with Crippen LogP contribution in [0, 0.1) is 0 Å². The Kier molecular flexibility index (Phi) is 2.38. The van der Waals surface area contributed by atoms with E-state index in [1.54, 1.807) is 0 Å². The molecule has 0 amide bonds. The van der Waals surface area contributed by atoms with E-state index in [1.807, 2.05) is 18.2 Å². The summed E-state index contributed by atoms with van der Waals surface area (Å²) in [5, 5.41) is 0. The molecule has 1 heterocycles. The number of hydrogen-bond donors (Lipinski definition) is 0. The summed E-state index contributed by atoms with van der Waals surface area (Å²) >= 11 is 2.80. The molecule has 3 heteroatoms. The van der Waals surface area contributed by atoms with E-state index < -0.39 is 0 Å². The molecule has 2 rings (SSSR count). The summed E-state index contributed by atoms with van der Waals surface area (Å²) in [6.07, 6.45) is 0.0810. The van der Waals surface area contributed by atoms with E-state index in [4.69, 9.17) is 4.74 Å². The van der Waals surface area contributed by atoms with E-state index in [-0.39, 0.29) is 12.1 Å². The first kappa shape index (κ1) is 8.79. The van der Waals surface area contributed by atoms with Gasteiger partial charge in [0, 0.05) is 0 Å². The van der Waals surface area contributed by atoms with E-state index in [1.165, 1.54) is 5.56 Å². The van der Waals surface area contributed by atoms with Crippen LogP contribution in [-0.2, 0) is 4.74 Å². The van der Waals surface area contributed by atoms with Gasteiger partial charge in [-0.3, -0.25) is 0 Å². The minimum absolute atomic E-state index is 0.0810. The van der Waals surface area contributed by atoms with Crippen LogP contribution in [0.3, 0.4) is 0 Å². The van der Waals surface area contributed by atoms with Crippen LogP contribution >= 0.6 is 0 Å². The first-order chi connectivity index (χ1) is 6.27. The second-order valence-corrected chi connectivity index (χ2v) is 3.82. The Labute approximate surface area is 85.8 Å². The molecule has 0 N–H and O–H groups in total. The fraction of sp³-hybridized carbons (Fsp3) is 0.300. The molecule has 67 valence electrons. The van der Waals surface area contributed by atoms with E-state index in [9.17, 15) is 0 Å². The van der Waals surface area contributed by atoms with E-state index >= 15 is 0 Å². The Balaban J connectivity index is 2.21. The molecule has 2 atom stereocenters. The van der Waals surface area contributed by atoms with E-state index in [0.717, 1.165) is 0 Å². The molecular weight excluding hydrogens is 229 g/mol. The van der Waals surface area contributed by atoms with Crippen molar-refractivity contribution in [2.24, 2.45) is 4.99 Å². The number of rotatable bonds is 1.